The minimum absolute atomic E-state index is 0.00426. The number of nitro groups is 1. The molecule has 0 N–H and O–H groups in total. The Morgan fingerprint density at radius 3 is 2.52 bits per heavy atom. The number of nitrogens with zero attached hydrogens (tertiary/aromatic N) is 3. The van der Waals surface area contributed by atoms with Crippen molar-refractivity contribution < 1.29 is 14.4 Å². The van der Waals surface area contributed by atoms with Crippen molar-refractivity contribution in [1.29, 1.82) is 0 Å². The molecule has 0 fully saturated rings. The molecule has 138 valence electrons. The summed E-state index contributed by atoms with van der Waals surface area (Å²) in [5, 5.41) is 12.2. The fraction of sp³-hybridized carbons (Fsp3) is 0.176. The summed E-state index contributed by atoms with van der Waals surface area (Å²) >= 11 is 17.9. The summed E-state index contributed by atoms with van der Waals surface area (Å²) in [7, 11) is 0. The molecular formula is C17H10Cl3N3O4. The SMILES string of the molecule is O=[N+]([O-])c1cc2c(cc1Cc1nc(C(Cl)(Cl)Cl)nc3ccccc13)OCO2. The Bertz CT molecular complexity index is 1070. The zero-order valence-electron chi connectivity index (χ0n) is 13.5. The lowest BCUT2D eigenvalue weighted by molar-refractivity contribution is -0.385. The molecule has 0 atom stereocenters. The van der Waals surface area contributed by atoms with Gasteiger partial charge in [0.05, 0.1) is 22.2 Å². The molecular weight excluding hydrogens is 417 g/mol. The third kappa shape index (κ3) is 3.45. The first kappa shape index (κ1) is 18.0. The maximum absolute atomic E-state index is 11.5. The van der Waals surface area contributed by atoms with Crippen LogP contribution in [0.4, 0.5) is 5.69 Å². The molecule has 10 heteroatoms. The normalized spacial score (nSPS) is 13.1. The summed E-state index contributed by atoms with van der Waals surface area (Å²) in [6.45, 7) is 0.0176. The highest BCUT2D eigenvalue weighted by Crippen LogP contribution is 2.40. The van der Waals surface area contributed by atoms with Gasteiger partial charge in [0.25, 0.3) is 5.69 Å². The Hall–Kier alpha value is -2.35. The number of para-hydroxylation sites is 1. The van der Waals surface area contributed by atoms with E-state index in [1.165, 1.54) is 6.07 Å². The zero-order chi connectivity index (χ0) is 19.2. The van der Waals surface area contributed by atoms with E-state index in [0.29, 0.717) is 33.7 Å². The third-order valence-electron chi connectivity index (χ3n) is 4.06. The fourth-order valence-corrected chi connectivity index (χ4v) is 3.12. The second-order valence-corrected chi connectivity index (χ2v) is 8.06. The summed E-state index contributed by atoms with van der Waals surface area (Å²) in [5.41, 5.74) is 1.39. The van der Waals surface area contributed by atoms with Crippen molar-refractivity contribution in [2.45, 2.75) is 10.2 Å². The quantitative estimate of drug-likeness (QED) is 0.343. The van der Waals surface area contributed by atoms with Gasteiger partial charge in [-0.1, -0.05) is 53.0 Å². The molecule has 0 saturated heterocycles. The number of halogens is 3. The highest BCUT2D eigenvalue weighted by molar-refractivity contribution is 6.66. The smallest absolute Gasteiger partial charge is 0.276 e. The van der Waals surface area contributed by atoms with Crippen LogP contribution >= 0.6 is 34.8 Å². The monoisotopic (exact) mass is 425 g/mol. The van der Waals surface area contributed by atoms with Crippen LogP contribution in [0, 0.1) is 10.1 Å². The van der Waals surface area contributed by atoms with E-state index in [-0.39, 0.29) is 24.7 Å². The summed E-state index contributed by atoms with van der Waals surface area (Å²) < 4.78 is 8.74. The highest BCUT2D eigenvalue weighted by Gasteiger charge is 2.29. The molecule has 1 aliphatic rings. The summed E-state index contributed by atoms with van der Waals surface area (Å²) in [6, 6.07) is 10.1. The van der Waals surface area contributed by atoms with Crippen molar-refractivity contribution in [2.75, 3.05) is 6.79 Å². The molecule has 1 aromatic heterocycles. The van der Waals surface area contributed by atoms with Gasteiger partial charge in [0.1, 0.15) is 0 Å². The minimum Gasteiger partial charge on any atom is -0.454 e. The van der Waals surface area contributed by atoms with E-state index in [9.17, 15) is 10.1 Å². The summed E-state index contributed by atoms with van der Waals surface area (Å²) in [5.74, 6) is 0.778. The molecule has 0 unspecified atom stereocenters. The molecule has 0 radical (unpaired) electrons. The number of nitro benzene ring substituents is 1. The van der Waals surface area contributed by atoms with Crippen molar-refractivity contribution in [3.05, 3.63) is 63.6 Å². The molecule has 0 spiro atoms. The number of ether oxygens (including phenoxy) is 2. The molecule has 1 aliphatic heterocycles. The minimum atomic E-state index is -1.82. The molecule has 0 aliphatic carbocycles. The van der Waals surface area contributed by atoms with Gasteiger partial charge in [0.15, 0.2) is 17.3 Å². The topological polar surface area (TPSA) is 87.4 Å². The number of alkyl halides is 3. The van der Waals surface area contributed by atoms with Crippen molar-refractivity contribution >= 4 is 51.4 Å². The summed E-state index contributed by atoms with van der Waals surface area (Å²) in [4.78, 5) is 19.7. The molecule has 2 aromatic carbocycles. The molecule has 27 heavy (non-hydrogen) atoms. The Labute approximate surface area is 167 Å². The lowest BCUT2D eigenvalue weighted by Crippen LogP contribution is -2.10. The largest absolute Gasteiger partial charge is 0.454 e. The highest BCUT2D eigenvalue weighted by atomic mass is 35.6. The Morgan fingerprint density at radius 1 is 1.11 bits per heavy atom. The average Bonchev–Trinajstić information content (AvgIpc) is 3.07. The average molecular weight is 427 g/mol. The Balaban J connectivity index is 1.88. The first-order valence-electron chi connectivity index (χ1n) is 7.72. The molecule has 7 nitrogen and oxygen atoms in total. The van der Waals surface area contributed by atoms with E-state index in [1.807, 2.05) is 12.1 Å². The van der Waals surface area contributed by atoms with Crippen molar-refractivity contribution in [1.82, 2.24) is 9.97 Å². The van der Waals surface area contributed by atoms with E-state index in [0.717, 1.165) is 0 Å². The Kier molecular flexibility index (Phi) is 4.46. The number of fused-ring (bicyclic) bond motifs is 2. The van der Waals surface area contributed by atoms with Gasteiger partial charge < -0.3 is 9.47 Å². The van der Waals surface area contributed by atoms with Gasteiger partial charge in [-0.25, -0.2) is 9.97 Å². The first-order valence-corrected chi connectivity index (χ1v) is 8.86. The van der Waals surface area contributed by atoms with Crippen molar-refractivity contribution in [3.8, 4) is 11.5 Å². The zero-order valence-corrected chi connectivity index (χ0v) is 15.8. The second-order valence-electron chi connectivity index (χ2n) is 5.78. The number of hydrogen-bond donors (Lipinski definition) is 0. The number of benzene rings is 2. The van der Waals surface area contributed by atoms with Crippen LogP contribution in [0.15, 0.2) is 36.4 Å². The van der Waals surface area contributed by atoms with Gasteiger partial charge in [0.2, 0.25) is 10.6 Å². The van der Waals surface area contributed by atoms with Crippen molar-refractivity contribution in [3.63, 3.8) is 0 Å². The predicted molar refractivity (Wildman–Crippen MR) is 101 cm³/mol. The van der Waals surface area contributed by atoms with E-state index < -0.39 is 8.72 Å². The van der Waals surface area contributed by atoms with Gasteiger partial charge in [-0.15, -0.1) is 0 Å². The second kappa shape index (κ2) is 6.67. The van der Waals surface area contributed by atoms with Crippen LogP contribution in [0.25, 0.3) is 10.9 Å². The Morgan fingerprint density at radius 2 is 1.81 bits per heavy atom. The van der Waals surface area contributed by atoms with E-state index >= 15 is 0 Å². The molecule has 0 saturated carbocycles. The van der Waals surface area contributed by atoms with Crippen LogP contribution in [0.5, 0.6) is 11.5 Å². The van der Waals surface area contributed by atoms with Gasteiger partial charge >= 0.3 is 0 Å². The van der Waals surface area contributed by atoms with Crippen LogP contribution in [0.2, 0.25) is 0 Å². The molecule has 3 aromatic rings. The van der Waals surface area contributed by atoms with Crippen LogP contribution in [0.1, 0.15) is 17.1 Å². The van der Waals surface area contributed by atoms with E-state index in [2.05, 4.69) is 9.97 Å². The molecule has 0 amide bonds. The van der Waals surface area contributed by atoms with Crippen LogP contribution in [-0.2, 0) is 10.2 Å². The molecule has 4 rings (SSSR count). The van der Waals surface area contributed by atoms with E-state index in [4.69, 9.17) is 44.3 Å². The lowest BCUT2D eigenvalue weighted by Gasteiger charge is -2.13. The van der Waals surface area contributed by atoms with Crippen LogP contribution in [0.3, 0.4) is 0 Å². The van der Waals surface area contributed by atoms with Gasteiger partial charge in [-0.3, -0.25) is 10.1 Å². The lowest BCUT2D eigenvalue weighted by atomic mass is 10.0. The summed E-state index contributed by atoms with van der Waals surface area (Å²) in [6.07, 6.45) is 0.129. The molecule has 0 bridgehead atoms. The maximum atomic E-state index is 11.5. The number of hydrogen-bond acceptors (Lipinski definition) is 6. The van der Waals surface area contributed by atoms with Crippen LogP contribution in [-0.4, -0.2) is 21.7 Å². The predicted octanol–water partition coefficient (Wildman–Crippen LogP) is 4.68. The van der Waals surface area contributed by atoms with Gasteiger partial charge in [-0.05, 0) is 12.1 Å². The third-order valence-corrected chi connectivity index (χ3v) is 4.57. The van der Waals surface area contributed by atoms with Gasteiger partial charge in [-0.2, -0.15) is 0 Å². The van der Waals surface area contributed by atoms with Crippen LogP contribution < -0.4 is 9.47 Å². The fourth-order valence-electron chi connectivity index (χ4n) is 2.87. The van der Waals surface area contributed by atoms with E-state index in [1.54, 1.807) is 18.2 Å². The van der Waals surface area contributed by atoms with Gasteiger partial charge in [0, 0.05) is 17.4 Å². The number of rotatable bonds is 3. The standard InChI is InChI=1S/C17H10Cl3N3O4/c18-17(19,20)16-21-11-4-2-1-3-10(11)12(22-16)5-9-6-14-15(27-8-26-14)7-13(9)23(24)25/h1-4,6-7H,5,8H2. The molecule has 2 heterocycles. The maximum Gasteiger partial charge on any atom is 0.276 e. The van der Waals surface area contributed by atoms with Crippen molar-refractivity contribution in [2.24, 2.45) is 0 Å². The first-order chi connectivity index (χ1) is 12.8. The number of aromatic nitrogens is 2.